The molecule has 2 aromatic rings. The zero-order chi connectivity index (χ0) is 18.4. The van der Waals surface area contributed by atoms with Crippen LogP contribution in [0.15, 0.2) is 42.6 Å². The van der Waals surface area contributed by atoms with E-state index in [4.69, 9.17) is 0 Å². The van der Waals surface area contributed by atoms with Crippen LogP contribution in [0.1, 0.15) is 15.9 Å². The highest BCUT2D eigenvalue weighted by molar-refractivity contribution is 5.94. The second-order valence-corrected chi connectivity index (χ2v) is 6.05. The van der Waals surface area contributed by atoms with Gasteiger partial charge in [0, 0.05) is 45.5 Å². The zero-order valence-corrected chi connectivity index (χ0v) is 14.4. The molecular weight excluding hydrogens is 333 g/mol. The first-order chi connectivity index (χ1) is 12.7. The lowest BCUT2D eigenvalue weighted by Crippen LogP contribution is -2.49. The van der Waals surface area contributed by atoms with Gasteiger partial charge in [-0.2, -0.15) is 5.26 Å². The molecule has 1 aliphatic rings. The van der Waals surface area contributed by atoms with Crippen molar-refractivity contribution >= 4 is 11.7 Å². The van der Waals surface area contributed by atoms with Gasteiger partial charge in [-0.3, -0.25) is 9.69 Å². The van der Waals surface area contributed by atoms with E-state index in [0.717, 1.165) is 32.0 Å². The summed E-state index contributed by atoms with van der Waals surface area (Å²) in [6, 6.07) is 11.7. The molecule has 0 spiro atoms. The SMILES string of the molecule is N#Cc1cccnc1N1CCN(CCNC(=O)c2ccccc2F)CC1. The second kappa shape index (κ2) is 8.41. The molecular formula is C19H20FN5O. The lowest BCUT2D eigenvalue weighted by atomic mass is 10.2. The number of benzene rings is 1. The van der Waals surface area contributed by atoms with E-state index in [1.54, 1.807) is 30.5 Å². The van der Waals surface area contributed by atoms with Gasteiger partial charge in [0.05, 0.1) is 11.1 Å². The van der Waals surface area contributed by atoms with Crippen molar-refractivity contribution < 1.29 is 9.18 Å². The molecule has 1 aliphatic heterocycles. The zero-order valence-electron chi connectivity index (χ0n) is 14.4. The van der Waals surface area contributed by atoms with Crippen LogP contribution in [0.5, 0.6) is 0 Å². The Balaban J connectivity index is 1.45. The number of halogens is 1. The Kier molecular flexibility index (Phi) is 5.77. The molecule has 7 heteroatoms. The van der Waals surface area contributed by atoms with E-state index in [2.05, 4.69) is 26.2 Å². The Morgan fingerprint density at radius 3 is 2.69 bits per heavy atom. The molecule has 1 N–H and O–H groups in total. The number of nitrogens with zero attached hydrogens (tertiary/aromatic N) is 4. The number of rotatable bonds is 5. The molecule has 1 amide bonds. The van der Waals surface area contributed by atoms with Crippen LogP contribution in [0.3, 0.4) is 0 Å². The summed E-state index contributed by atoms with van der Waals surface area (Å²) in [7, 11) is 0. The van der Waals surface area contributed by atoms with Crippen molar-refractivity contribution in [3.63, 3.8) is 0 Å². The summed E-state index contributed by atoms with van der Waals surface area (Å²) in [4.78, 5) is 20.6. The number of carbonyl (C=O) groups is 1. The lowest BCUT2D eigenvalue weighted by molar-refractivity contribution is 0.0943. The number of pyridine rings is 1. The smallest absolute Gasteiger partial charge is 0.254 e. The molecule has 1 saturated heterocycles. The molecule has 0 bridgehead atoms. The van der Waals surface area contributed by atoms with Gasteiger partial charge in [0.15, 0.2) is 0 Å². The number of amides is 1. The van der Waals surface area contributed by atoms with Gasteiger partial charge < -0.3 is 10.2 Å². The van der Waals surface area contributed by atoms with E-state index in [9.17, 15) is 14.4 Å². The Hall–Kier alpha value is -2.98. The fraction of sp³-hybridized carbons (Fsp3) is 0.316. The van der Waals surface area contributed by atoms with Crippen molar-refractivity contribution in [3.8, 4) is 6.07 Å². The Labute approximate surface area is 151 Å². The normalized spacial score (nSPS) is 14.7. The second-order valence-electron chi connectivity index (χ2n) is 6.05. The van der Waals surface area contributed by atoms with Crippen LogP contribution in [-0.2, 0) is 0 Å². The highest BCUT2D eigenvalue weighted by atomic mass is 19.1. The Morgan fingerprint density at radius 2 is 1.96 bits per heavy atom. The van der Waals surface area contributed by atoms with Gasteiger partial charge in [0.2, 0.25) is 0 Å². The first-order valence-electron chi connectivity index (χ1n) is 8.54. The largest absolute Gasteiger partial charge is 0.353 e. The van der Waals surface area contributed by atoms with E-state index >= 15 is 0 Å². The van der Waals surface area contributed by atoms with E-state index in [1.807, 2.05) is 0 Å². The van der Waals surface area contributed by atoms with Crippen molar-refractivity contribution in [1.82, 2.24) is 15.2 Å². The van der Waals surface area contributed by atoms with E-state index in [1.165, 1.54) is 12.1 Å². The minimum Gasteiger partial charge on any atom is -0.353 e. The molecule has 1 aromatic heterocycles. The standard InChI is InChI=1S/C19H20FN5O/c20-17-6-2-1-5-16(17)19(26)23-8-9-24-10-12-25(13-11-24)18-15(14-21)4-3-7-22-18/h1-7H,8-13H2,(H,23,26). The number of anilines is 1. The van der Waals surface area contributed by atoms with Crippen LogP contribution in [0, 0.1) is 17.1 Å². The van der Waals surface area contributed by atoms with Crippen molar-refractivity contribution in [2.45, 2.75) is 0 Å². The van der Waals surface area contributed by atoms with Gasteiger partial charge >= 0.3 is 0 Å². The fourth-order valence-corrected chi connectivity index (χ4v) is 2.99. The summed E-state index contributed by atoms with van der Waals surface area (Å²) < 4.78 is 13.6. The van der Waals surface area contributed by atoms with Crippen LogP contribution in [0.25, 0.3) is 0 Å². The van der Waals surface area contributed by atoms with Gasteiger partial charge in [0.25, 0.3) is 5.91 Å². The van der Waals surface area contributed by atoms with E-state index < -0.39 is 11.7 Å². The van der Waals surface area contributed by atoms with Gasteiger partial charge in [0.1, 0.15) is 17.7 Å². The lowest BCUT2D eigenvalue weighted by Gasteiger charge is -2.35. The first-order valence-corrected chi connectivity index (χ1v) is 8.54. The molecule has 6 nitrogen and oxygen atoms in total. The maximum absolute atomic E-state index is 13.6. The molecule has 0 aliphatic carbocycles. The van der Waals surface area contributed by atoms with Gasteiger partial charge in [-0.05, 0) is 24.3 Å². The molecule has 0 saturated carbocycles. The molecule has 2 heterocycles. The summed E-state index contributed by atoms with van der Waals surface area (Å²) in [5.41, 5.74) is 0.648. The first kappa shape index (κ1) is 17.8. The number of nitrogens with one attached hydrogen (secondary N) is 1. The molecule has 0 atom stereocenters. The average Bonchev–Trinajstić information content (AvgIpc) is 2.69. The molecule has 134 valence electrons. The minimum absolute atomic E-state index is 0.0662. The summed E-state index contributed by atoms with van der Waals surface area (Å²) in [5, 5.41) is 11.9. The Bertz CT molecular complexity index is 812. The third kappa shape index (κ3) is 4.16. The van der Waals surface area contributed by atoms with Crippen molar-refractivity contribution in [3.05, 3.63) is 59.5 Å². The molecule has 0 unspecified atom stereocenters. The summed E-state index contributed by atoms with van der Waals surface area (Å²) >= 11 is 0. The molecule has 26 heavy (non-hydrogen) atoms. The predicted molar refractivity (Wildman–Crippen MR) is 96.3 cm³/mol. The van der Waals surface area contributed by atoms with Crippen LogP contribution in [0.4, 0.5) is 10.2 Å². The maximum atomic E-state index is 13.6. The monoisotopic (exact) mass is 353 g/mol. The van der Waals surface area contributed by atoms with Crippen LogP contribution < -0.4 is 10.2 Å². The number of piperazine rings is 1. The van der Waals surface area contributed by atoms with Crippen molar-refractivity contribution in [2.75, 3.05) is 44.2 Å². The fourth-order valence-electron chi connectivity index (χ4n) is 2.99. The minimum atomic E-state index is -0.512. The quantitative estimate of drug-likeness (QED) is 0.885. The topological polar surface area (TPSA) is 72.3 Å². The van der Waals surface area contributed by atoms with Crippen LogP contribution in [-0.4, -0.2) is 55.1 Å². The molecule has 3 rings (SSSR count). The number of nitriles is 1. The summed E-state index contributed by atoms with van der Waals surface area (Å²) in [6.45, 7) is 4.33. The molecule has 1 aromatic carbocycles. The van der Waals surface area contributed by atoms with E-state index in [0.29, 0.717) is 18.7 Å². The van der Waals surface area contributed by atoms with E-state index in [-0.39, 0.29) is 5.56 Å². The van der Waals surface area contributed by atoms with Gasteiger partial charge in [-0.1, -0.05) is 12.1 Å². The highest BCUT2D eigenvalue weighted by Crippen LogP contribution is 2.17. The van der Waals surface area contributed by atoms with Crippen LogP contribution in [0.2, 0.25) is 0 Å². The average molecular weight is 353 g/mol. The van der Waals surface area contributed by atoms with Crippen LogP contribution >= 0.6 is 0 Å². The Morgan fingerprint density at radius 1 is 1.19 bits per heavy atom. The third-order valence-corrected chi connectivity index (χ3v) is 4.41. The van der Waals surface area contributed by atoms with Gasteiger partial charge in [-0.25, -0.2) is 9.37 Å². The number of aromatic nitrogens is 1. The highest BCUT2D eigenvalue weighted by Gasteiger charge is 2.20. The number of hydrogen-bond donors (Lipinski definition) is 1. The van der Waals surface area contributed by atoms with Gasteiger partial charge in [-0.15, -0.1) is 0 Å². The summed E-state index contributed by atoms with van der Waals surface area (Å²) in [6.07, 6.45) is 1.70. The van der Waals surface area contributed by atoms with Crippen molar-refractivity contribution in [1.29, 1.82) is 5.26 Å². The van der Waals surface area contributed by atoms with Crippen molar-refractivity contribution in [2.24, 2.45) is 0 Å². The number of hydrogen-bond acceptors (Lipinski definition) is 5. The third-order valence-electron chi connectivity index (χ3n) is 4.41. The molecule has 1 fully saturated rings. The predicted octanol–water partition coefficient (Wildman–Crippen LogP) is 1.64. The molecule has 0 radical (unpaired) electrons. The maximum Gasteiger partial charge on any atom is 0.254 e. The summed E-state index contributed by atoms with van der Waals surface area (Å²) in [5.74, 6) is -0.182. The number of carbonyl (C=O) groups excluding carboxylic acids is 1.